The van der Waals surface area contributed by atoms with E-state index in [0.717, 1.165) is 24.8 Å². The molecule has 1 saturated heterocycles. The van der Waals surface area contributed by atoms with E-state index in [1.165, 1.54) is 6.42 Å². The van der Waals surface area contributed by atoms with E-state index in [9.17, 15) is 8.42 Å². The Morgan fingerprint density at radius 1 is 1.40 bits per heavy atom. The van der Waals surface area contributed by atoms with Crippen LogP contribution in [-0.2, 0) is 10.0 Å². The highest BCUT2D eigenvalue weighted by Crippen LogP contribution is 2.40. The lowest BCUT2D eigenvalue weighted by Gasteiger charge is -2.26. The van der Waals surface area contributed by atoms with E-state index in [0.29, 0.717) is 17.4 Å². The van der Waals surface area contributed by atoms with E-state index in [2.05, 4.69) is 0 Å². The van der Waals surface area contributed by atoms with Crippen molar-refractivity contribution < 1.29 is 8.42 Å². The Bertz CT molecular complexity index is 600. The third-order valence-corrected chi connectivity index (χ3v) is 6.61. The smallest absolute Gasteiger partial charge is 0.243 e. The summed E-state index contributed by atoms with van der Waals surface area (Å²) >= 11 is 0. The molecule has 0 amide bonds. The van der Waals surface area contributed by atoms with Gasteiger partial charge in [0, 0.05) is 18.6 Å². The summed E-state index contributed by atoms with van der Waals surface area (Å²) in [5.41, 5.74) is 6.91. The third-order valence-electron chi connectivity index (χ3n) is 4.69. The van der Waals surface area contributed by atoms with Crippen molar-refractivity contribution >= 4 is 10.0 Å². The average Bonchev–Trinajstić information content (AvgIpc) is 3.09. The van der Waals surface area contributed by atoms with Crippen molar-refractivity contribution in [3.63, 3.8) is 0 Å². The molecule has 1 aliphatic carbocycles. The molecule has 5 heteroatoms. The van der Waals surface area contributed by atoms with Crippen LogP contribution in [0.1, 0.15) is 44.2 Å². The number of nitrogens with two attached hydrogens (primary N) is 1. The second-order valence-electron chi connectivity index (χ2n) is 5.99. The molecule has 2 N–H and O–H groups in total. The lowest BCUT2D eigenvalue weighted by atomic mass is 10.1. The van der Waals surface area contributed by atoms with E-state index in [1.807, 2.05) is 13.0 Å². The van der Waals surface area contributed by atoms with Crippen molar-refractivity contribution in [3.05, 3.63) is 29.8 Å². The van der Waals surface area contributed by atoms with Crippen LogP contribution in [0, 0.1) is 5.92 Å². The summed E-state index contributed by atoms with van der Waals surface area (Å²) in [7, 11) is -3.36. The first kappa shape index (κ1) is 14.0. The largest absolute Gasteiger partial charge is 0.324 e. The van der Waals surface area contributed by atoms with Crippen LogP contribution in [-0.4, -0.2) is 25.3 Å². The second-order valence-corrected chi connectivity index (χ2v) is 7.89. The molecule has 4 nitrogen and oxygen atoms in total. The Kier molecular flexibility index (Phi) is 3.60. The van der Waals surface area contributed by atoms with Crippen LogP contribution in [0.3, 0.4) is 0 Å². The quantitative estimate of drug-likeness (QED) is 0.926. The molecule has 1 saturated carbocycles. The zero-order valence-corrected chi connectivity index (χ0v) is 12.6. The minimum Gasteiger partial charge on any atom is -0.324 e. The van der Waals surface area contributed by atoms with E-state index in [-0.39, 0.29) is 12.1 Å². The molecule has 20 heavy (non-hydrogen) atoms. The van der Waals surface area contributed by atoms with Crippen molar-refractivity contribution in [1.29, 1.82) is 0 Å². The summed E-state index contributed by atoms with van der Waals surface area (Å²) in [5, 5.41) is 0. The van der Waals surface area contributed by atoms with Gasteiger partial charge in [-0.2, -0.15) is 4.31 Å². The Morgan fingerprint density at radius 3 is 2.80 bits per heavy atom. The van der Waals surface area contributed by atoms with Crippen LogP contribution in [0.25, 0.3) is 0 Å². The molecule has 110 valence electrons. The molecular formula is C15H22N2O2S. The fourth-order valence-corrected chi connectivity index (χ4v) is 5.25. The predicted molar refractivity (Wildman–Crippen MR) is 78.7 cm³/mol. The number of hydrogen-bond donors (Lipinski definition) is 1. The van der Waals surface area contributed by atoms with Gasteiger partial charge in [0.2, 0.25) is 10.0 Å². The first-order chi connectivity index (χ1) is 9.52. The lowest BCUT2D eigenvalue weighted by molar-refractivity contribution is 0.333. The van der Waals surface area contributed by atoms with Gasteiger partial charge in [0.05, 0.1) is 4.90 Å². The highest BCUT2D eigenvalue weighted by atomic mass is 32.2. The molecule has 3 atom stereocenters. The minimum atomic E-state index is -3.36. The molecule has 2 fully saturated rings. The topological polar surface area (TPSA) is 63.4 Å². The molecule has 0 radical (unpaired) electrons. The van der Waals surface area contributed by atoms with Crippen molar-refractivity contribution in [2.45, 2.75) is 49.6 Å². The summed E-state index contributed by atoms with van der Waals surface area (Å²) in [6, 6.07) is 7.26. The maximum atomic E-state index is 12.8. The van der Waals surface area contributed by atoms with Gasteiger partial charge in [0.25, 0.3) is 0 Å². The van der Waals surface area contributed by atoms with Gasteiger partial charge in [0.15, 0.2) is 0 Å². The van der Waals surface area contributed by atoms with Crippen molar-refractivity contribution in [2.75, 3.05) is 6.54 Å². The van der Waals surface area contributed by atoms with Gasteiger partial charge >= 0.3 is 0 Å². The van der Waals surface area contributed by atoms with Gasteiger partial charge in [-0.15, -0.1) is 0 Å². The maximum Gasteiger partial charge on any atom is 0.243 e. The number of rotatable bonds is 4. The van der Waals surface area contributed by atoms with Crippen LogP contribution < -0.4 is 5.73 Å². The Morgan fingerprint density at radius 2 is 2.20 bits per heavy atom. The van der Waals surface area contributed by atoms with Crippen LogP contribution in [0.15, 0.2) is 29.2 Å². The van der Waals surface area contributed by atoms with Crippen LogP contribution in [0.4, 0.5) is 0 Å². The fourth-order valence-electron chi connectivity index (χ4n) is 3.45. The number of piperidine rings is 1. The summed E-state index contributed by atoms with van der Waals surface area (Å²) < 4.78 is 27.3. The molecule has 2 aliphatic rings. The zero-order valence-electron chi connectivity index (χ0n) is 11.8. The Balaban J connectivity index is 1.91. The van der Waals surface area contributed by atoms with Crippen molar-refractivity contribution in [1.82, 2.24) is 4.31 Å². The van der Waals surface area contributed by atoms with Crippen molar-refractivity contribution in [2.24, 2.45) is 11.7 Å². The maximum absolute atomic E-state index is 12.8. The number of benzene rings is 1. The zero-order chi connectivity index (χ0) is 14.3. The average molecular weight is 294 g/mol. The van der Waals surface area contributed by atoms with E-state index in [4.69, 9.17) is 5.73 Å². The van der Waals surface area contributed by atoms with Crippen LogP contribution >= 0.6 is 0 Å². The monoisotopic (exact) mass is 294 g/mol. The van der Waals surface area contributed by atoms with Gasteiger partial charge in [-0.3, -0.25) is 0 Å². The van der Waals surface area contributed by atoms with Gasteiger partial charge < -0.3 is 5.73 Å². The second kappa shape index (κ2) is 5.13. The van der Waals surface area contributed by atoms with E-state index < -0.39 is 10.0 Å². The summed E-state index contributed by atoms with van der Waals surface area (Å²) in [4.78, 5) is 0.395. The molecule has 1 aromatic rings. The van der Waals surface area contributed by atoms with Gasteiger partial charge in [-0.25, -0.2) is 8.42 Å². The Labute approximate surface area is 121 Å². The number of fused-ring (bicyclic) bond motifs is 2. The van der Waals surface area contributed by atoms with Crippen LogP contribution in [0.2, 0.25) is 0 Å². The van der Waals surface area contributed by atoms with Crippen LogP contribution in [0.5, 0.6) is 0 Å². The van der Waals surface area contributed by atoms with Gasteiger partial charge in [0.1, 0.15) is 0 Å². The first-order valence-corrected chi connectivity index (χ1v) is 8.83. The minimum absolute atomic E-state index is 0.0971. The van der Waals surface area contributed by atoms with Crippen molar-refractivity contribution in [3.8, 4) is 0 Å². The summed E-state index contributed by atoms with van der Waals surface area (Å²) in [5.74, 6) is 0.566. The molecule has 1 heterocycles. The molecule has 0 aromatic heterocycles. The highest BCUT2D eigenvalue weighted by molar-refractivity contribution is 7.89. The normalized spacial score (nSPS) is 27.9. The first-order valence-electron chi connectivity index (χ1n) is 7.39. The molecular weight excluding hydrogens is 272 g/mol. The Hall–Kier alpha value is -0.910. The standard InChI is InChI=1S/C15H22N2O2S/c1-2-15(16)12-4-3-5-14(9-12)20(18,19)17-10-11-6-7-13(17)8-11/h3-5,9,11,13,15H,2,6-8,10,16H2,1H3. The SMILES string of the molecule is CCC(N)c1cccc(S(=O)(=O)N2CC3CCC2C3)c1. The summed E-state index contributed by atoms with van der Waals surface area (Å²) in [6.07, 6.45) is 4.03. The number of hydrogen-bond acceptors (Lipinski definition) is 3. The molecule has 1 aromatic carbocycles. The third kappa shape index (κ3) is 2.28. The molecule has 3 rings (SSSR count). The number of sulfonamides is 1. The molecule has 0 spiro atoms. The molecule has 3 unspecified atom stereocenters. The molecule has 1 aliphatic heterocycles. The van der Waals surface area contributed by atoms with E-state index in [1.54, 1.807) is 22.5 Å². The number of nitrogens with zero attached hydrogens (tertiary/aromatic N) is 1. The van der Waals surface area contributed by atoms with E-state index >= 15 is 0 Å². The summed E-state index contributed by atoms with van der Waals surface area (Å²) in [6.45, 7) is 2.70. The predicted octanol–water partition coefficient (Wildman–Crippen LogP) is 2.27. The lowest BCUT2D eigenvalue weighted by Crippen LogP contribution is -2.37. The molecule has 2 bridgehead atoms. The van der Waals surface area contributed by atoms with Gasteiger partial charge in [-0.05, 0) is 49.3 Å². The highest BCUT2D eigenvalue weighted by Gasteiger charge is 2.44. The van der Waals surface area contributed by atoms with Gasteiger partial charge in [-0.1, -0.05) is 19.1 Å². The fraction of sp³-hybridized carbons (Fsp3) is 0.600.